The minimum Gasteiger partial charge on any atom is -1.00 e. The van der Waals surface area contributed by atoms with E-state index in [1.807, 2.05) is 0 Å². The molecule has 0 fully saturated rings. The lowest BCUT2D eigenvalue weighted by atomic mass is 10.0. The van der Waals surface area contributed by atoms with Crippen LogP contribution in [0.5, 0.6) is 0 Å². The van der Waals surface area contributed by atoms with E-state index in [0.717, 1.165) is 0 Å². The van der Waals surface area contributed by atoms with Crippen LogP contribution in [0.2, 0.25) is 0 Å². The van der Waals surface area contributed by atoms with E-state index < -0.39 is 0 Å². The molecular weight excluding hydrogens is 644 g/mol. The maximum Gasteiger partial charge on any atom is 0.128 e. The number of rotatable bonds is 33. The number of hydrogen-bond acceptors (Lipinski definition) is 0. The van der Waals surface area contributed by atoms with Gasteiger partial charge in [-0.15, -0.1) is 0 Å². The molecule has 0 saturated heterocycles. The van der Waals surface area contributed by atoms with Gasteiger partial charge in [0.25, 0.3) is 0 Å². The van der Waals surface area contributed by atoms with E-state index in [1.54, 1.807) is 0 Å². The lowest BCUT2D eigenvalue weighted by Gasteiger charge is -2.36. The Morgan fingerprint density at radius 3 is 0.595 bits per heavy atom. The van der Waals surface area contributed by atoms with Gasteiger partial charge in [0.2, 0.25) is 0 Å². The standard InChI is InChI=1S/C38H82N2.2BrH/c1-7-9-11-13-15-17-19-20-21-22-23-24-25-26-28-30-32-34-36-40(5,6)38-37-39(3,4)35-33-31-29-27-18-16-14-12-10-8-2;;/h7-38H2,1-6H3;2*1H/q+2;;/p-2. The highest BCUT2D eigenvalue weighted by Gasteiger charge is 2.22. The Balaban J connectivity index is -0.00000760. The monoisotopic (exact) mass is 724 g/mol. The van der Waals surface area contributed by atoms with Crippen LogP contribution in [0.15, 0.2) is 0 Å². The van der Waals surface area contributed by atoms with E-state index in [0.29, 0.717) is 0 Å². The highest BCUT2D eigenvalue weighted by Crippen LogP contribution is 2.16. The van der Waals surface area contributed by atoms with Crippen molar-refractivity contribution in [1.29, 1.82) is 0 Å². The molecule has 0 spiro atoms. The van der Waals surface area contributed by atoms with Gasteiger partial charge >= 0.3 is 0 Å². The number of halogens is 2. The molecular formula is C38H82Br2N2. The zero-order chi connectivity index (χ0) is 29.6. The Kier molecular flexibility index (Phi) is 39.1. The lowest BCUT2D eigenvalue weighted by molar-refractivity contribution is -0.946. The molecule has 0 radical (unpaired) electrons. The predicted molar refractivity (Wildman–Crippen MR) is 184 cm³/mol. The Morgan fingerprint density at radius 2 is 0.405 bits per heavy atom. The van der Waals surface area contributed by atoms with Crippen molar-refractivity contribution in [3.05, 3.63) is 0 Å². The third-order valence-electron chi connectivity index (χ3n) is 9.54. The zero-order valence-corrected chi connectivity index (χ0v) is 33.4. The summed E-state index contributed by atoms with van der Waals surface area (Å²) in [6.07, 6.45) is 40.8. The van der Waals surface area contributed by atoms with Gasteiger partial charge in [-0.25, -0.2) is 0 Å². The molecule has 0 heterocycles. The molecule has 42 heavy (non-hydrogen) atoms. The van der Waals surface area contributed by atoms with Crippen LogP contribution in [-0.2, 0) is 0 Å². The molecule has 0 aliphatic carbocycles. The van der Waals surface area contributed by atoms with Crippen molar-refractivity contribution in [2.24, 2.45) is 0 Å². The second-order valence-corrected chi connectivity index (χ2v) is 15.0. The first-order valence-corrected chi connectivity index (χ1v) is 19.0. The molecule has 0 N–H and O–H groups in total. The van der Waals surface area contributed by atoms with Crippen LogP contribution >= 0.6 is 0 Å². The largest absolute Gasteiger partial charge is 1.00 e. The molecule has 0 rings (SSSR count). The van der Waals surface area contributed by atoms with E-state index in [4.69, 9.17) is 0 Å². The highest BCUT2D eigenvalue weighted by atomic mass is 79.9. The maximum absolute atomic E-state index is 2.47. The van der Waals surface area contributed by atoms with Gasteiger partial charge in [-0.1, -0.05) is 168 Å². The molecule has 4 heteroatoms. The smallest absolute Gasteiger partial charge is 0.128 e. The first-order chi connectivity index (χ1) is 19.3. The molecule has 0 atom stereocenters. The molecule has 258 valence electrons. The fourth-order valence-electron chi connectivity index (χ4n) is 6.23. The van der Waals surface area contributed by atoms with E-state index in [-0.39, 0.29) is 34.0 Å². The third-order valence-corrected chi connectivity index (χ3v) is 9.54. The van der Waals surface area contributed by atoms with Crippen molar-refractivity contribution in [2.75, 3.05) is 54.4 Å². The van der Waals surface area contributed by atoms with E-state index in [2.05, 4.69) is 42.0 Å². The summed E-state index contributed by atoms with van der Waals surface area (Å²) in [5.41, 5.74) is 0. The van der Waals surface area contributed by atoms with Gasteiger partial charge in [0, 0.05) is 0 Å². The van der Waals surface area contributed by atoms with Crippen LogP contribution in [0, 0.1) is 0 Å². The van der Waals surface area contributed by atoms with Gasteiger partial charge < -0.3 is 42.9 Å². The molecule has 0 aliphatic rings. The number of hydrogen-bond donors (Lipinski definition) is 0. The summed E-state index contributed by atoms with van der Waals surface area (Å²) in [5.74, 6) is 0. The summed E-state index contributed by atoms with van der Waals surface area (Å²) in [5, 5.41) is 0. The van der Waals surface area contributed by atoms with Crippen LogP contribution in [-0.4, -0.2) is 63.3 Å². The zero-order valence-electron chi connectivity index (χ0n) is 30.3. The summed E-state index contributed by atoms with van der Waals surface area (Å²) in [7, 11) is 9.86. The molecule has 0 saturated carbocycles. The van der Waals surface area contributed by atoms with Crippen LogP contribution in [0.3, 0.4) is 0 Å². The van der Waals surface area contributed by atoms with Crippen LogP contribution in [0.4, 0.5) is 0 Å². The van der Waals surface area contributed by atoms with Crippen molar-refractivity contribution in [3.8, 4) is 0 Å². The summed E-state index contributed by atoms with van der Waals surface area (Å²) >= 11 is 0. The van der Waals surface area contributed by atoms with Gasteiger partial charge in [0.15, 0.2) is 0 Å². The molecule has 0 aromatic rings. The van der Waals surface area contributed by atoms with Gasteiger partial charge in [-0.2, -0.15) is 0 Å². The Labute approximate surface area is 289 Å². The second kappa shape index (κ2) is 34.7. The first kappa shape index (κ1) is 47.3. The molecule has 2 nitrogen and oxygen atoms in total. The van der Waals surface area contributed by atoms with Crippen LogP contribution < -0.4 is 34.0 Å². The summed E-state index contributed by atoms with van der Waals surface area (Å²) in [6.45, 7) is 9.98. The summed E-state index contributed by atoms with van der Waals surface area (Å²) in [6, 6.07) is 0. The molecule has 0 unspecified atom stereocenters. The van der Waals surface area contributed by atoms with E-state index in [9.17, 15) is 0 Å². The van der Waals surface area contributed by atoms with Crippen LogP contribution in [0.1, 0.15) is 194 Å². The fourth-order valence-corrected chi connectivity index (χ4v) is 6.23. The fraction of sp³-hybridized carbons (Fsp3) is 1.00. The van der Waals surface area contributed by atoms with E-state index in [1.165, 1.54) is 215 Å². The number of unbranched alkanes of at least 4 members (excludes halogenated alkanes) is 26. The quantitative estimate of drug-likeness (QED) is 0.0566. The topological polar surface area (TPSA) is 0 Å². The Hall–Kier alpha value is 0.880. The lowest BCUT2D eigenvalue weighted by Crippen LogP contribution is -3.00. The van der Waals surface area contributed by atoms with Crippen molar-refractivity contribution in [1.82, 2.24) is 0 Å². The molecule has 0 aliphatic heterocycles. The van der Waals surface area contributed by atoms with Crippen molar-refractivity contribution in [3.63, 3.8) is 0 Å². The minimum absolute atomic E-state index is 0. The van der Waals surface area contributed by atoms with Gasteiger partial charge in [-0.3, -0.25) is 0 Å². The average Bonchev–Trinajstić information content (AvgIpc) is 2.92. The highest BCUT2D eigenvalue weighted by molar-refractivity contribution is 4.51. The Morgan fingerprint density at radius 1 is 0.238 bits per heavy atom. The SMILES string of the molecule is CCCCCCCCCCCCCCCCCCCC[N+](C)(C)CC[N+](C)(C)CCCCCCCCCCCC.[Br-].[Br-]. The molecule has 0 bridgehead atoms. The van der Waals surface area contributed by atoms with Crippen molar-refractivity contribution >= 4 is 0 Å². The molecule has 0 amide bonds. The third kappa shape index (κ3) is 37.1. The summed E-state index contributed by atoms with van der Waals surface area (Å²) in [4.78, 5) is 0. The van der Waals surface area contributed by atoms with Crippen molar-refractivity contribution in [2.45, 2.75) is 194 Å². The average molecular weight is 727 g/mol. The summed E-state index contributed by atoms with van der Waals surface area (Å²) < 4.78 is 2.41. The predicted octanol–water partition coefficient (Wildman–Crippen LogP) is 6.11. The number of nitrogens with zero attached hydrogens (tertiary/aromatic N) is 2. The maximum atomic E-state index is 2.47. The van der Waals surface area contributed by atoms with Gasteiger partial charge in [-0.05, 0) is 25.7 Å². The molecule has 0 aromatic heterocycles. The number of likely N-dealkylation sites (N-methyl/N-ethyl adjacent to an activating group) is 2. The Bertz CT molecular complexity index is 495. The van der Waals surface area contributed by atoms with Gasteiger partial charge in [0.05, 0.1) is 41.3 Å². The molecule has 0 aromatic carbocycles. The van der Waals surface area contributed by atoms with Gasteiger partial charge in [0.1, 0.15) is 13.1 Å². The normalized spacial score (nSPS) is 11.9. The second-order valence-electron chi connectivity index (χ2n) is 15.0. The van der Waals surface area contributed by atoms with E-state index >= 15 is 0 Å². The minimum atomic E-state index is 0. The first-order valence-electron chi connectivity index (χ1n) is 19.0. The number of quaternary nitrogens is 2. The van der Waals surface area contributed by atoms with Crippen molar-refractivity contribution < 1.29 is 42.9 Å². The van der Waals surface area contributed by atoms with Crippen LogP contribution in [0.25, 0.3) is 0 Å².